The zero-order valence-corrected chi connectivity index (χ0v) is 21.1. The monoisotopic (exact) mass is 515 g/mol. The van der Waals surface area contributed by atoms with Crippen molar-refractivity contribution in [3.8, 4) is 17.2 Å². The maximum Gasteiger partial charge on any atom is 0.295 e. The summed E-state index contributed by atoms with van der Waals surface area (Å²) < 4.78 is 22.4. The second-order valence-corrected chi connectivity index (χ2v) is 9.04. The molecule has 196 valence electrons. The van der Waals surface area contributed by atoms with Crippen LogP contribution < -0.4 is 14.2 Å². The Morgan fingerprint density at radius 1 is 0.974 bits per heavy atom. The van der Waals surface area contributed by atoms with Gasteiger partial charge in [0.25, 0.3) is 11.7 Å². The lowest BCUT2D eigenvalue weighted by Gasteiger charge is -2.26. The highest BCUT2D eigenvalue weighted by Gasteiger charge is 2.46. The summed E-state index contributed by atoms with van der Waals surface area (Å²) in [4.78, 5) is 28.0. The van der Waals surface area contributed by atoms with Gasteiger partial charge in [-0.25, -0.2) is 0 Å². The molecule has 2 aliphatic rings. The van der Waals surface area contributed by atoms with Gasteiger partial charge in [0, 0.05) is 25.8 Å². The fraction of sp³-hybridized carbons (Fsp3) is 0.267. The van der Waals surface area contributed by atoms with Crippen molar-refractivity contribution in [3.63, 3.8) is 0 Å². The molecule has 1 atom stereocenters. The van der Waals surface area contributed by atoms with Crippen LogP contribution >= 0.6 is 0 Å². The standard InChI is InChI=1S/C30H29NO7/c1-35-14-6-13-31-27(21-9-5-10-23(17-21)38-19-20-7-3-2-4-8-20)26(29(33)30(31)34)28(32)22-11-12-24-25(18-22)37-16-15-36-24/h2-5,7-12,17-18,27,32H,6,13-16,19H2,1H3/t27-/m0/s1. The van der Waals surface area contributed by atoms with E-state index in [-0.39, 0.29) is 17.9 Å². The summed E-state index contributed by atoms with van der Waals surface area (Å²) in [6.45, 7) is 1.91. The van der Waals surface area contributed by atoms with Crippen LogP contribution in [0.25, 0.3) is 5.76 Å². The van der Waals surface area contributed by atoms with Crippen molar-refractivity contribution in [1.29, 1.82) is 0 Å². The Kier molecular flexibility index (Phi) is 7.60. The molecular formula is C30H29NO7. The fourth-order valence-corrected chi connectivity index (χ4v) is 4.70. The number of benzene rings is 3. The average Bonchev–Trinajstić information content (AvgIpc) is 3.21. The largest absolute Gasteiger partial charge is 0.507 e. The number of carbonyl (C=O) groups excluding carboxylic acids is 2. The molecule has 0 aromatic heterocycles. The second-order valence-electron chi connectivity index (χ2n) is 9.04. The summed E-state index contributed by atoms with van der Waals surface area (Å²) in [5.41, 5.74) is 2.06. The van der Waals surface area contributed by atoms with E-state index in [2.05, 4.69) is 0 Å². The number of nitrogens with zero attached hydrogens (tertiary/aromatic N) is 1. The first-order valence-electron chi connectivity index (χ1n) is 12.5. The Morgan fingerprint density at radius 3 is 2.55 bits per heavy atom. The maximum atomic E-state index is 13.3. The number of hydrogen-bond donors (Lipinski definition) is 1. The van der Waals surface area contributed by atoms with Crippen LogP contribution in [-0.2, 0) is 20.9 Å². The summed E-state index contributed by atoms with van der Waals surface area (Å²) in [5, 5.41) is 11.4. The van der Waals surface area contributed by atoms with E-state index in [1.54, 1.807) is 31.4 Å². The Morgan fingerprint density at radius 2 is 1.76 bits per heavy atom. The number of rotatable bonds is 9. The Labute approximate surface area is 221 Å². The van der Waals surface area contributed by atoms with Crippen LogP contribution in [0.15, 0.2) is 78.4 Å². The van der Waals surface area contributed by atoms with Crippen molar-refractivity contribution in [2.75, 3.05) is 33.5 Å². The number of amides is 1. The van der Waals surface area contributed by atoms with E-state index in [4.69, 9.17) is 18.9 Å². The molecule has 0 aliphatic carbocycles. The van der Waals surface area contributed by atoms with Crippen molar-refractivity contribution in [2.45, 2.75) is 19.1 Å². The lowest BCUT2D eigenvalue weighted by Crippen LogP contribution is -2.31. The molecule has 1 N–H and O–H groups in total. The second kappa shape index (κ2) is 11.4. The predicted octanol–water partition coefficient (Wildman–Crippen LogP) is 4.50. The zero-order valence-electron chi connectivity index (χ0n) is 21.1. The van der Waals surface area contributed by atoms with Crippen LogP contribution in [0.3, 0.4) is 0 Å². The molecule has 0 bridgehead atoms. The topological polar surface area (TPSA) is 94.5 Å². The van der Waals surface area contributed by atoms with Crippen LogP contribution in [0.5, 0.6) is 17.2 Å². The number of carbonyl (C=O) groups is 2. The molecule has 0 unspecified atom stereocenters. The third kappa shape index (κ3) is 5.21. The van der Waals surface area contributed by atoms with Crippen molar-refractivity contribution >= 4 is 17.4 Å². The molecule has 3 aromatic carbocycles. The molecule has 38 heavy (non-hydrogen) atoms. The number of likely N-dealkylation sites (tertiary alicyclic amines) is 1. The third-order valence-electron chi connectivity index (χ3n) is 6.53. The normalized spacial score (nSPS) is 18.0. The van der Waals surface area contributed by atoms with Gasteiger partial charge in [-0.2, -0.15) is 0 Å². The van der Waals surface area contributed by atoms with Crippen LogP contribution in [0.4, 0.5) is 0 Å². The number of ketones is 1. The van der Waals surface area contributed by atoms with Crippen molar-refractivity contribution in [3.05, 3.63) is 95.1 Å². The highest BCUT2D eigenvalue weighted by Crippen LogP contribution is 2.41. The first-order valence-corrected chi connectivity index (χ1v) is 12.5. The van der Waals surface area contributed by atoms with Gasteiger partial charge < -0.3 is 29.0 Å². The van der Waals surface area contributed by atoms with E-state index in [0.29, 0.717) is 61.2 Å². The van der Waals surface area contributed by atoms with Crippen LogP contribution in [0, 0.1) is 0 Å². The molecule has 8 heteroatoms. The zero-order chi connectivity index (χ0) is 26.5. The number of fused-ring (bicyclic) bond motifs is 1. The van der Waals surface area contributed by atoms with Gasteiger partial charge in [0.1, 0.15) is 31.3 Å². The summed E-state index contributed by atoms with van der Waals surface area (Å²) in [7, 11) is 1.58. The quantitative estimate of drug-likeness (QED) is 0.194. The van der Waals surface area contributed by atoms with Gasteiger partial charge in [-0.05, 0) is 47.9 Å². The Bertz CT molecular complexity index is 1350. The van der Waals surface area contributed by atoms with E-state index in [1.165, 1.54) is 4.90 Å². The minimum Gasteiger partial charge on any atom is -0.507 e. The molecular weight excluding hydrogens is 486 g/mol. The van der Waals surface area contributed by atoms with Crippen molar-refractivity contribution in [2.24, 2.45) is 0 Å². The number of Topliss-reactive ketones (excluding diaryl/α,β-unsaturated/α-hetero) is 1. The lowest BCUT2D eigenvalue weighted by atomic mass is 9.95. The molecule has 5 rings (SSSR count). The van der Waals surface area contributed by atoms with Crippen molar-refractivity contribution < 1.29 is 33.6 Å². The van der Waals surface area contributed by atoms with Gasteiger partial charge in [-0.15, -0.1) is 0 Å². The summed E-state index contributed by atoms with van der Waals surface area (Å²) in [5.74, 6) is -0.0466. The molecule has 0 radical (unpaired) electrons. The van der Waals surface area contributed by atoms with Gasteiger partial charge in [-0.3, -0.25) is 9.59 Å². The molecule has 3 aromatic rings. The molecule has 1 saturated heterocycles. The fourth-order valence-electron chi connectivity index (χ4n) is 4.70. The molecule has 1 amide bonds. The minimum absolute atomic E-state index is 0.0179. The number of aliphatic hydroxyl groups is 1. The van der Waals surface area contributed by atoms with E-state index < -0.39 is 17.7 Å². The molecule has 1 fully saturated rings. The Balaban J connectivity index is 1.52. The number of hydrogen-bond acceptors (Lipinski definition) is 7. The first-order chi connectivity index (χ1) is 18.6. The van der Waals surface area contributed by atoms with E-state index >= 15 is 0 Å². The molecule has 2 aliphatic heterocycles. The van der Waals surface area contributed by atoms with E-state index in [9.17, 15) is 14.7 Å². The SMILES string of the molecule is COCCCN1C(=O)C(=O)C(=C(O)c2ccc3c(c2)OCCO3)[C@@H]1c1cccc(OCc2ccccc2)c1. The lowest BCUT2D eigenvalue weighted by molar-refractivity contribution is -0.140. The molecule has 0 spiro atoms. The smallest absolute Gasteiger partial charge is 0.295 e. The van der Waals surface area contributed by atoms with Gasteiger partial charge in [-0.1, -0.05) is 42.5 Å². The van der Waals surface area contributed by atoms with Gasteiger partial charge in [0.2, 0.25) is 0 Å². The van der Waals surface area contributed by atoms with E-state index in [1.807, 2.05) is 48.5 Å². The van der Waals surface area contributed by atoms with E-state index in [0.717, 1.165) is 5.56 Å². The van der Waals surface area contributed by atoms with Crippen LogP contribution in [0.2, 0.25) is 0 Å². The minimum atomic E-state index is -0.791. The van der Waals surface area contributed by atoms with Crippen LogP contribution in [0.1, 0.15) is 29.2 Å². The summed E-state index contributed by atoms with van der Waals surface area (Å²) >= 11 is 0. The maximum absolute atomic E-state index is 13.3. The highest BCUT2D eigenvalue weighted by atomic mass is 16.6. The van der Waals surface area contributed by atoms with Gasteiger partial charge >= 0.3 is 0 Å². The number of ether oxygens (including phenoxy) is 4. The van der Waals surface area contributed by atoms with Crippen molar-refractivity contribution in [1.82, 2.24) is 4.90 Å². The number of aliphatic hydroxyl groups excluding tert-OH is 1. The highest BCUT2D eigenvalue weighted by molar-refractivity contribution is 6.46. The summed E-state index contributed by atoms with van der Waals surface area (Å²) in [6.07, 6.45) is 0.536. The van der Waals surface area contributed by atoms with Gasteiger partial charge in [0.15, 0.2) is 11.5 Å². The molecule has 2 heterocycles. The van der Waals surface area contributed by atoms with Crippen LogP contribution in [-0.4, -0.2) is 55.2 Å². The summed E-state index contributed by atoms with van der Waals surface area (Å²) in [6, 6.07) is 21.2. The number of methoxy groups -OCH3 is 1. The molecule has 0 saturated carbocycles. The van der Waals surface area contributed by atoms with Gasteiger partial charge in [0.05, 0.1) is 11.6 Å². The Hall–Kier alpha value is -4.30. The average molecular weight is 516 g/mol. The first kappa shape index (κ1) is 25.4. The predicted molar refractivity (Wildman–Crippen MR) is 140 cm³/mol. The molecule has 8 nitrogen and oxygen atoms in total. The third-order valence-corrected chi connectivity index (χ3v) is 6.53.